The first-order valence-corrected chi connectivity index (χ1v) is 8.96. The Morgan fingerprint density at radius 1 is 1.16 bits per heavy atom. The normalized spacial score (nSPS) is 14.2. The number of carbonyl (C=O) groups excluding carboxylic acids is 1. The summed E-state index contributed by atoms with van der Waals surface area (Å²) in [6, 6.07) is 16.3. The minimum absolute atomic E-state index is 0.0673. The SMILES string of the molecule is C=Cc1ccc(OCc2ccccc2)c(CC(=O)NC2CCCC2)c1. The van der Waals surface area contributed by atoms with Gasteiger partial charge in [-0.3, -0.25) is 4.79 Å². The second-order valence-corrected chi connectivity index (χ2v) is 6.57. The number of ether oxygens (including phenoxy) is 1. The van der Waals surface area contributed by atoms with E-state index in [0.717, 1.165) is 35.3 Å². The number of rotatable bonds is 7. The summed E-state index contributed by atoms with van der Waals surface area (Å²) in [4.78, 5) is 12.4. The van der Waals surface area contributed by atoms with Crippen LogP contribution in [-0.4, -0.2) is 11.9 Å². The van der Waals surface area contributed by atoms with Crippen LogP contribution in [0.15, 0.2) is 55.1 Å². The number of carbonyl (C=O) groups is 1. The summed E-state index contributed by atoms with van der Waals surface area (Å²) in [5, 5.41) is 3.15. The average Bonchev–Trinajstić information content (AvgIpc) is 3.14. The van der Waals surface area contributed by atoms with Crippen molar-refractivity contribution in [3.63, 3.8) is 0 Å². The highest BCUT2D eigenvalue weighted by Crippen LogP contribution is 2.23. The topological polar surface area (TPSA) is 38.3 Å². The van der Waals surface area contributed by atoms with Gasteiger partial charge in [-0.25, -0.2) is 0 Å². The van der Waals surface area contributed by atoms with E-state index in [1.807, 2.05) is 48.5 Å². The third kappa shape index (κ3) is 4.96. The summed E-state index contributed by atoms with van der Waals surface area (Å²) in [6.07, 6.45) is 6.73. The van der Waals surface area contributed by atoms with Gasteiger partial charge in [0.05, 0.1) is 6.42 Å². The summed E-state index contributed by atoms with van der Waals surface area (Å²) >= 11 is 0. The van der Waals surface area contributed by atoms with Crippen LogP contribution in [-0.2, 0) is 17.8 Å². The summed E-state index contributed by atoms with van der Waals surface area (Å²) in [7, 11) is 0. The number of hydrogen-bond donors (Lipinski definition) is 1. The van der Waals surface area contributed by atoms with Gasteiger partial charge in [0.2, 0.25) is 5.91 Å². The molecule has 0 saturated heterocycles. The van der Waals surface area contributed by atoms with Gasteiger partial charge >= 0.3 is 0 Å². The highest BCUT2D eigenvalue weighted by atomic mass is 16.5. The third-order valence-electron chi connectivity index (χ3n) is 4.63. The molecule has 2 aromatic carbocycles. The molecule has 0 radical (unpaired) electrons. The zero-order valence-corrected chi connectivity index (χ0v) is 14.5. The van der Waals surface area contributed by atoms with Crippen LogP contribution < -0.4 is 10.1 Å². The van der Waals surface area contributed by atoms with E-state index in [1.165, 1.54) is 12.8 Å². The second kappa shape index (κ2) is 8.52. The van der Waals surface area contributed by atoms with Crippen molar-refractivity contribution in [2.75, 3.05) is 0 Å². The zero-order chi connectivity index (χ0) is 17.5. The van der Waals surface area contributed by atoms with Crippen molar-refractivity contribution in [2.45, 2.75) is 44.8 Å². The first-order valence-electron chi connectivity index (χ1n) is 8.96. The standard InChI is InChI=1S/C22H25NO2/c1-2-17-12-13-21(25-16-18-8-4-3-5-9-18)19(14-17)15-22(24)23-20-10-6-7-11-20/h2-5,8-9,12-14,20H,1,6-7,10-11,15-16H2,(H,23,24). The van der Waals surface area contributed by atoms with Crippen LogP contribution in [0.2, 0.25) is 0 Å². The first-order chi connectivity index (χ1) is 12.2. The highest BCUT2D eigenvalue weighted by molar-refractivity contribution is 5.80. The molecule has 1 saturated carbocycles. The molecule has 2 aromatic rings. The van der Waals surface area contributed by atoms with E-state index < -0.39 is 0 Å². The van der Waals surface area contributed by atoms with E-state index >= 15 is 0 Å². The van der Waals surface area contributed by atoms with Crippen molar-refractivity contribution in [1.82, 2.24) is 5.32 Å². The number of nitrogens with one attached hydrogen (secondary N) is 1. The molecule has 130 valence electrons. The molecule has 1 aliphatic carbocycles. The molecule has 0 heterocycles. The van der Waals surface area contributed by atoms with Crippen molar-refractivity contribution in [3.8, 4) is 5.75 Å². The molecule has 1 amide bonds. The summed E-state index contributed by atoms with van der Waals surface area (Å²) in [6.45, 7) is 4.31. The lowest BCUT2D eigenvalue weighted by molar-refractivity contribution is -0.121. The van der Waals surface area contributed by atoms with Crippen LogP contribution >= 0.6 is 0 Å². The lowest BCUT2D eigenvalue weighted by Gasteiger charge is -2.15. The van der Waals surface area contributed by atoms with Gasteiger partial charge < -0.3 is 10.1 Å². The van der Waals surface area contributed by atoms with Crippen molar-refractivity contribution < 1.29 is 9.53 Å². The monoisotopic (exact) mass is 335 g/mol. The fraction of sp³-hybridized carbons (Fsp3) is 0.318. The van der Waals surface area contributed by atoms with Crippen molar-refractivity contribution in [3.05, 3.63) is 71.8 Å². The maximum absolute atomic E-state index is 12.4. The molecule has 0 spiro atoms. The zero-order valence-electron chi connectivity index (χ0n) is 14.5. The Morgan fingerprint density at radius 3 is 2.64 bits per heavy atom. The van der Waals surface area contributed by atoms with Crippen LogP contribution in [0, 0.1) is 0 Å². The maximum atomic E-state index is 12.4. The van der Waals surface area contributed by atoms with Crippen molar-refractivity contribution in [2.24, 2.45) is 0 Å². The van der Waals surface area contributed by atoms with Crippen LogP contribution in [0.5, 0.6) is 5.75 Å². The Balaban J connectivity index is 1.69. The molecule has 3 rings (SSSR count). The fourth-order valence-electron chi connectivity index (χ4n) is 3.26. The van der Waals surface area contributed by atoms with Gasteiger partial charge in [0, 0.05) is 11.6 Å². The van der Waals surface area contributed by atoms with E-state index in [0.29, 0.717) is 19.1 Å². The lowest BCUT2D eigenvalue weighted by atomic mass is 10.1. The quantitative estimate of drug-likeness (QED) is 0.808. The van der Waals surface area contributed by atoms with E-state index in [1.54, 1.807) is 6.08 Å². The second-order valence-electron chi connectivity index (χ2n) is 6.57. The molecule has 0 aromatic heterocycles. The molecule has 3 nitrogen and oxygen atoms in total. The van der Waals surface area contributed by atoms with Gasteiger partial charge in [-0.1, -0.05) is 61.9 Å². The molecule has 0 bridgehead atoms. The smallest absolute Gasteiger partial charge is 0.224 e. The van der Waals surface area contributed by atoms with Gasteiger partial charge in [-0.15, -0.1) is 0 Å². The van der Waals surface area contributed by atoms with Crippen LogP contribution in [0.25, 0.3) is 6.08 Å². The van der Waals surface area contributed by atoms with Crippen LogP contribution in [0.1, 0.15) is 42.4 Å². The Hall–Kier alpha value is -2.55. The predicted octanol–water partition coefficient (Wildman–Crippen LogP) is 4.51. The van der Waals surface area contributed by atoms with Gasteiger partial charge in [0.1, 0.15) is 12.4 Å². The van der Waals surface area contributed by atoms with E-state index in [4.69, 9.17) is 4.74 Å². The van der Waals surface area contributed by atoms with Gasteiger partial charge in [0.15, 0.2) is 0 Å². The number of amides is 1. The van der Waals surface area contributed by atoms with Gasteiger partial charge in [0.25, 0.3) is 0 Å². The van der Waals surface area contributed by atoms with Gasteiger partial charge in [-0.05, 0) is 36.1 Å². The van der Waals surface area contributed by atoms with Crippen LogP contribution in [0.3, 0.4) is 0 Å². The Morgan fingerprint density at radius 2 is 1.92 bits per heavy atom. The number of benzene rings is 2. The van der Waals surface area contributed by atoms with E-state index in [2.05, 4.69) is 11.9 Å². The van der Waals surface area contributed by atoms with Crippen molar-refractivity contribution in [1.29, 1.82) is 0 Å². The molecule has 0 atom stereocenters. The molecule has 1 aliphatic rings. The molecule has 3 heteroatoms. The minimum atomic E-state index is 0.0673. The Kier molecular flexibility index (Phi) is 5.89. The molecule has 25 heavy (non-hydrogen) atoms. The summed E-state index contributed by atoms with van der Waals surface area (Å²) in [5.41, 5.74) is 3.01. The van der Waals surface area contributed by atoms with Crippen molar-refractivity contribution >= 4 is 12.0 Å². The van der Waals surface area contributed by atoms with Gasteiger partial charge in [-0.2, -0.15) is 0 Å². The molecular formula is C22H25NO2. The highest BCUT2D eigenvalue weighted by Gasteiger charge is 2.18. The summed E-state index contributed by atoms with van der Waals surface area (Å²) in [5.74, 6) is 0.827. The lowest BCUT2D eigenvalue weighted by Crippen LogP contribution is -2.33. The fourth-order valence-corrected chi connectivity index (χ4v) is 3.26. The molecule has 0 unspecified atom stereocenters. The number of hydrogen-bond acceptors (Lipinski definition) is 2. The predicted molar refractivity (Wildman–Crippen MR) is 101 cm³/mol. The van der Waals surface area contributed by atoms with Crippen LogP contribution in [0.4, 0.5) is 0 Å². The molecule has 0 aliphatic heterocycles. The first kappa shape index (κ1) is 17.3. The largest absolute Gasteiger partial charge is 0.489 e. The maximum Gasteiger partial charge on any atom is 0.224 e. The third-order valence-corrected chi connectivity index (χ3v) is 4.63. The summed E-state index contributed by atoms with van der Waals surface area (Å²) < 4.78 is 5.98. The molecule has 1 N–H and O–H groups in total. The Labute approximate surface area is 149 Å². The molecule has 1 fully saturated rings. The average molecular weight is 335 g/mol. The molecular weight excluding hydrogens is 310 g/mol. The van der Waals surface area contributed by atoms with E-state index in [-0.39, 0.29) is 5.91 Å². The van der Waals surface area contributed by atoms with E-state index in [9.17, 15) is 4.79 Å². The minimum Gasteiger partial charge on any atom is -0.489 e. The Bertz CT molecular complexity index is 718.